The number of Topliss-reactive ketones (excluding diaryl/α,β-unsaturated/α-hetero) is 1. The number of sulfonamides is 1. The molecule has 0 aromatic heterocycles. The van der Waals surface area contributed by atoms with Crippen molar-refractivity contribution in [3.8, 4) is 11.5 Å². The molecule has 7 heteroatoms. The molecule has 0 spiro atoms. The fraction of sp³-hybridized carbons (Fsp3) is 0.350. The topological polar surface area (TPSA) is 72.9 Å². The van der Waals surface area contributed by atoms with E-state index in [0.29, 0.717) is 36.4 Å². The summed E-state index contributed by atoms with van der Waals surface area (Å²) in [4.78, 5) is 12.9. The van der Waals surface area contributed by atoms with Gasteiger partial charge < -0.3 is 9.47 Å². The van der Waals surface area contributed by atoms with E-state index in [1.807, 2.05) is 18.2 Å². The number of fused-ring (bicyclic) bond motifs is 1. The second kappa shape index (κ2) is 7.32. The minimum Gasteiger partial charge on any atom is -0.454 e. The summed E-state index contributed by atoms with van der Waals surface area (Å²) in [6.07, 6.45) is 1.36. The zero-order valence-electron chi connectivity index (χ0n) is 14.8. The van der Waals surface area contributed by atoms with Crippen LogP contribution in [0.2, 0.25) is 0 Å². The van der Waals surface area contributed by atoms with Crippen molar-refractivity contribution in [3.05, 3.63) is 59.7 Å². The molecular weight excluding hydrogens is 366 g/mol. The summed E-state index contributed by atoms with van der Waals surface area (Å²) in [5, 5.41) is 0. The SMILES string of the molecule is O=C(c1ccc2c(c1)OCO2)[C@@H]1CCCN(S(=O)(=O)Cc2ccccc2)C1. The Bertz CT molecular complexity index is 942. The first-order valence-electron chi connectivity index (χ1n) is 8.98. The first-order valence-corrected chi connectivity index (χ1v) is 10.6. The molecule has 0 N–H and O–H groups in total. The smallest absolute Gasteiger partial charge is 0.231 e. The predicted molar refractivity (Wildman–Crippen MR) is 100 cm³/mol. The average Bonchev–Trinajstić information content (AvgIpc) is 3.16. The summed E-state index contributed by atoms with van der Waals surface area (Å²) in [5.41, 5.74) is 1.29. The third-order valence-electron chi connectivity index (χ3n) is 5.00. The zero-order chi connectivity index (χ0) is 18.9. The molecule has 142 valence electrons. The molecule has 0 amide bonds. The van der Waals surface area contributed by atoms with Gasteiger partial charge in [-0.15, -0.1) is 0 Å². The molecule has 0 aliphatic carbocycles. The van der Waals surface area contributed by atoms with Gasteiger partial charge in [0.25, 0.3) is 0 Å². The van der Waals surface area contributed by atoms with Crippen LogP contribution in [0.15, 0.2) is 48.5 Å². The van der Waals surface area contributed by atoms with Crippen LogP contribution in [0, 0.1) is 5.92 Å². The van der Waals surface area contributed by atoms with Crippen LogP contribution in [0.25, 0.3) is 0 Å². The Balaban J connectivity index is 1.48. The van der Waals surface area contributed by atoms with Crippen molar-refractivity contribution in [2.45, 2.75) is 18.6 Å². The Hall–Kier alpha value is -2.38. The molecule has 2 heterocycles. The molecule has 0 radical (unpaired) electrons. The molecule has 0 saturated carbocycles. The van der Waals surface area contributed by atoms with Crippen molar-refractivity contribution >= 4 is 15.8 Å². The van der Waals surface area contributed by atoms with Gasteiger partial charge in [-0.3, -0.25) is 4.79 Å². The second-order valence-corrected chi connectivity index (χ2v) is 8.84. The number of ether oxygens (including phenoxy) is 2. The van der Waals surface area contributed by atoms with E-state index in [9.17, 15) is 13.2 Å². The summed E-state index contributed by atoms with van der Waals surface area (Å²) < 4.78 is 37.7. The molecular formula is C20H21NO5S. The van der Waals surface area contributed by atoms with Gasteiger partial charge in [0.1, 0.15) is 0 Å². The van der Waals surface area contributed by atoms with Crippen molar-refractivity contribution in [3.63, 3.8) is 0 Å². The van der Waals surface area contributed by atoms with E-state index in [1.165, 1.54) is 4.31 Å². The molecule has 0 unspecified atom stereocenters. The predicted octanol–water partition coefficient (Wildman–Crippen LogP) is 2.84. The van der Waals surface area contributed by atoms with E-state index < -0.39 is 10.0 Å². The van der Waals surface area contributed by atoms with Gasteiger partial charge in [-0.05, 0) is 36.6 Å². The lowest BCUT2D eigenvalue weighted by atomic mass is 9.91. The summed E-state index contributed by atoms with van der Waals surface area (Å²) >= 11 is 0. The molecule has 1 saturated heterocycles. The van der Waals surface area contributed by atoms with E-state index in [2.05, 4.69) is 0 Å². The third-order valence-corrected chi connectivity index (χ3v) is 6.81. The van der Waals surface area contributed by atoms with Gasteiger partial charge in [-0.2, -0.15) is 0 Å². The number of piperidine rings is 1. The van der Waals surface area contributed by atoms with Crippen LogP contribution in [0.5, 0.6) is 11.5 Å². The molecule has 2 aromatic rings. The van der Waals surface area contributed by atoms with Crippen molar-refractivity contribution in [2.24, 2.45) is 5.92 Å². The standard InChI is InChI=1S/C20H21NO5S/c22-20(16-8-9-18-19(11-16)26-14-25-18)17-7-4-10-21(12-17)27(23,24)13-15-5-2-1-3-6-15/h1-3,5-6,8-9,11,17H,4,7,10,12-14H2/t17-/m1/s1. The van der Waals surface area contributed by atoms with Gasteiger partial charge in [0.05, 0.1) is 5.75 Å². The average molecular weight is 387 g/mol. The summed E-state index contributed by atoms with van der Waals surface area (Å²) in [7, 11) is -3.46. The third kappa shape index (κ3) is 3.84. The van der Waals surface area contributed by atoms with Crippen LogP contribution in [0.3, 0.4) is 0 Å². The van der Waals surface area contributed by atoms with Gasteiger partial charge in [-0.1, -0.05) is 30.3 Å². The summed E-state index contributed by atoms with van der Waals surface area (Å²) in [5.74, 6) is 0.753. The lowest BCUT2D eigenvalue weighted by molar-refractivity contribution is 0.0872. The van der Waals surface area contributed by atoms with Gasteiger partial charge >= 0.3 is 0 Å². The number of benzene rings is 2. The molecule has 4 rings (SSSR count). The van der Waals surface area contributed by atoms with E-state index in [1.54, 1.807) is 30.3 Å². The highest BCUT2D eigenvalue weighted by Gasteiger charge is 2.33. The Morgan fingerprint density at radius 2 is 1.85 bits per heavy atom. The molecule has 2 aliphatic heterocycles. The molecule has 6 nitrogen and oxygen atoms in total. The van der Waals surface area contributed by atoms with Crippen LogP contribution in [-0.4, -0.2) is 38.4 Å². The Morgan fingerprint density at radius 3 is 2.67 bits per heavy atom. The number of carbonyl (C=O) groups is 1. The Morgan fingerprint density at radius 1 is 1.07 bits per heavy atom. The first kappa shape index (κ1) is 18.0. The highest BCUT2D eigenvalue weighted by molar-refractivity contribution is 7.88. The molecule has 0 bridgehead atoms. The maximum Gasteiger partial charge on any atom is 0.231 e. The number of carbonyl (C=O) groups excluding carboxylic acids is 1. The van der Waals surface area contributed by atoms with Crippen LogP contribution in [0.1, 0.15) is 28.8 Å². The normalized spacial score (nSPS) is 19.8. The lowest BCUT2D eigenvalue weighted by Crippen LogP contribution is -2.42. The maximum absolute atomic E-state index is 12.9. The Kier molecular flexibility index (Phi) is 4.88. The fourth-order valence-electron chi connectivity index (χ4n) is 3.57. The first-order chi connectivity index (χ1) is 13.0. The quantitative estimate of drug-likeness (QED) is 0.738. The molecule has 27 heavy (non-hydrogen) atoms. The van der Waals surface area contributed by atoms with Gasteiger partial charge in [0, 0.05) is 24.6 Å². The van der Waals surface area contributed by atoms with E-state index in [4.69, 9.17) is 9.47 Å². The minimum atomic E-state index is -3.46. The van der Waals surface area contributed by atoms with Crippen molar-refractivity contribution in [1.82, 2.24) is 4.31 Å². The molecule has 2 aliphatic rings. The van der Waals surface area contributed by atoms with E-state index in [-0.39, 0.29) is 30.8 Å². The van der Waals surface area contributed by atoms with Crippen LogP contribution in [-0.2, 0) is 15.8 Å². The van der Waals surface area contributed by atoms with Crippen molar-refractivity contribution in [2.75, 3.05) is 19.9 Å². The van der Waals surface area contributed by atoms with Gasteiger partial charge in [0.2, 0.25) is 16.8 Å². The van der Waals surface area contributed by atoms with Crippen LogP contribution < -0.4 is 9.47 Å². The lowest BCUT2D eigenvalue weighted by Gasteiger charge is -2.31. The number of hydrogen-bond donors (Lipinski definition) is 0. The van der Waals surface area contributed by atoms with Crippen molar-refractivity contribution < 1.29 is 22.7 Å². The monoisotopic (exact) mass is 387 g/mol. The van der Waals surface area contributed by atoms with Gasteiger partial charge in [0.15, 0.2) is 17.3 Å². The van der Waals surface area contributed by atoms with Gasteiger partial charge in [-0.25, -0.2) is 12.7 Å². The maximum atomic E-state index is 12.9. The number of nitrogens with zero attached hydrogens (tertiary/aromatic N) is 1. The number of hydrogen-bond acceptors (Lipinski definition) is 5. The summed E-state index contributed by atoms with van der Waals surface area (Å²) in [6.45, 7) is 0.838. The second-order valence-electron chi connectivity index (χ2n) is 6.87. The van der Waals surface area contributed by atoms with Crippen LogP contribution in [0.4, 0.5) is 0 Å². The van der Waals surface area contributed by atoms with E-state index >= 15 is 0 Å². The summed E-state index contributed by atoms with van der Waals surface area (Å²) in [6, 6.07) is 14.2. The largest absolute Gasteiger partial charge is 0.454 e. The Labute approximate surface area is 158 Å². The number of ketones is 1. The molecule has 2 aromatic carbocycles. The molecule has 1 atom stereocenters. The highest BCUT2D eigenvalue weighted by Crippen LogP contribution is 2.34. The minimum absolute atomic E-state index is 0.0429. The zero-order valence-corrected chi connectivity index (χ0v) is 15.7. The number of rotatable bonds is 5. The fourth-order valence-corrected chi connectivity index (χ4v) is 5.18. The highest BCUT2D eigenvalue weighted by atomic mass is 32.2. The van der Waals surface area contributed by atoms with Crippen molar-refractivity contribution in [1.29, 1.82) is 0 Å². The molecule has 1 fully saturated rings. The van der Waals surface area contributed by atoms with Crippen LogP contribution >= 0.6 is 0 Å². The van der Waals surface area contributed by atoms with E-state index in [0.717, 1.165) is 5.56 Å².